The number of imide groups is 1. The summed E-state index contributed by atoms with van der Waals surface area (Å²) in [5, 5.41) is 0. The number of thiophene rings is 1. The molecular formula is C20H19NO5S. The molecule has 1 aliphatic heterocycles. The molecule has 0 N–H and O–H groups in total. The molecule has 6 nitrogen and oxygen atoms in total. The molecule has 2 heterocycles. The van der Waals surface area contributed by atoms with Crippen LogP contribution < -0.4 is 0 Å². The maximum Gasteiger partial charge on any atom is 0.306 e. The fourth-order valence-corrected chi connectivity index (χ4v) is 3.70. The molecule has 27 heavy (non-hydrogen) atoms. The van der Waals surface area contributed by atoms with Gasteiger partial charge >= 0.3 is 5.97 Å². The van der Waals surface area contributed by atoms with E-state index in [9.17, 15) is 19.2 Å². The zero-order valence-corrected chi connectivity index (χ0v) is 15.7. The Kier molecular flexibility index (Phi) is 5.81. The highest BCUT2D eigenvalue weighted by Gasteiger charge is 2.34. The third-order valence-corrected chi connectivity index (χ3v) is 5.56. The zero-order valence-electron chi connectivity index (χ0n) is 14.9. The van der Waals surface area contributed by atoms with E-state index in [2.05, 4.69) is 0 Å². The lowest BCUT2D eigenvalue weighted by Crippen LogP contribution is -2.31. The minimum atomic E-state index is -0.521. The van der Waals surface area contributed by atoms with Crippen LogP contribution >= 0.6 is 11.3 Å². The number of rotatable bonds is 8. The normalized spacial score (nSPS) is 13.0. The number of hydrogen-bond acceptors (Lipinski definition) is 6. The number of esters is 1. The zero-order chi connectivity index (χ0) is 19.4. The van der Waals surface area contributed by atoms with Crippen molar-refractivity contribution < 1.29 is 23.9 Å². The van der Waals surface area contributed by atoms with Crippen LogP contribution in [0.5, 0.6) is 0 Å². The minimum absolute atomic E-state index is 0.0331. The van der Waals surface area contributed by atoms with Crippen LogP contribution in [0.3, 0.4) is 0 Å². The first-order valence-corrected chi connectivity index (χ1v) is 9.55. The number of aryl methyl sites for hydroxylation is 1. The van der Waals surface area contributed by atoms with Gasteiger partial charge in [0, 0.05) is 17.8 Å². The SMILES string of the molecule is CCc1ccc(C(=O)COC(=O)CCCN2C(=O)c3ccccc3C2=O)s1. The second-order valence-corrected chi connectivity index (χ2v) is 7.28. The Morgan fingerprint density at radius 1 is 1.04 bits per heavy atom. The topological polar surface area (TPSA) is 80.8 Å². The summed E-state index contributed by atoms with van der Waals surface area (Å²) < 4.78 is 5.01. The lowest BCUT2D eigenvalue weighted by atomic mass is 10.1. The van der Waals surface area contributed by atoms with Crippen molar-refractivity contribution in [2.45, 2.75) is 26.2 Å². The number of hydrogen-bond donors (Lipinski definition) is 0. The maximum absolute atomic E-state index is 12.2. The van der Waals surface area contributed by atoms with E-state index in [0.717, 1.165) is 16.2 Å². The van der Waals surface area contributed by atoms with E-state index < -0.39 is 5.97 Å². The van der Waals surface area contributed by atoms with Crippen LogP contribution in [-0.4, -0.2) is 41.6 Å². The average Bonchev–Trinajstić information content (AvgIpc) is 3.25. The highest BCUT2D eigenvalue weighted by atomic mass is 32.1. The Labute approximate surface area is 160 Å². The van der Waals surface area contributed by atoms with Crippen molar-refractivity contribution in [2.75, 3.05) is 13.2 Å². The van der Waals surface area contributed by atoms with Gasteiger partial charge in [-0.15, -0.1) is 11.3 Å². The van der Waals surface area contributed by atoms with Crippen LogP contribution in [0.2, 0.25) is 0 Å². The molecule has 1 aliphatic rings. The number of ketones is 1. The van der Waals surface area contributed by atoms with Crippen LogP contribution in [-0.2, 0) is 16.0 Å². The first-order valence-electron chi connectivity index (χ1n) is 8.74. The smallest absolute Gasteiger partial charge is 0.306 e. The standard InChI is InChI=1S/C20H19NO5S/c1-2-13-9-10-17(27-13)16(22)12-26-18(23)8-5-11-21-19(24)14-6-3-4-7-15(14)20(21)25/h3-4,6-7,9-10H,2,5,8,11-12H2,1H3. The van der Waals surface area contributed by atoms with Gasteiger partial charge in [0.1, 0.15) is 0 Å². The number of fused-ring (bicyclic) bond motifs is 1. The van der Waals surface area contributed by atoms with Crippen molar-refractivity contribution in [1.82, 2.24) is 4.90 Å². The first-order chi connectivity index (χ1) is 13.0. The predicted molar refractivity (Wildman–Crippen MR) is 100 cm³/mol. The van der Waals surface area contributed by atoms with Crippen molar-refractivity contribution in [3.05, 3.63) is 57.3 Å². The Hall–Kier alpha value is -2.80. The Morgan fingerprint density at radius 2 is 1.70 bits per heavy atom. The van der Waals surface area contributed by atoms with Gasteiger partial charge in [-0.1, -0.05) is 19.1 Å². The van der Waals surface area contributed by atoms with Gasteiger partial charge in [-0.3, -0.25) is 24.1 Å². The van der Waals surface area contributed by atoms with Crippen molar-refractivity contribution >= 4 is 34.9 Å². The number of Topliss-reactive ketones (excluding diaryl/α,β-unsaturated/α-hetero) is 1. The van der Waals surface area contributed by atoms with Crippen LogP contribution in [0.15, 0.2) is 36.4 Å². The third kappa shape index (κ3) is 4.14. The van der Waals surface area contributed by atoms with Crippen molar-refractivity contribution in [3.8, 4) is 0 Å². The molecule has 3 rings (SSSR count). The van der Waals surface area contributed by atoms with Gasteiger partial charge in [-0.05, 0) is 37.1 Å². The predicted octanol–water partition coefficient (Wildman–Crippen LogP) is 3.11. The maximum atomic E-state index is 12.2. The fraction of sp³-hybridized carbons (Fsp3) is 0.300. The van der Waals surface area contributed by atoms with Gasteiger partial charge in [0.15, 0.2) is 6.61 Å². The minimum Gasteiger partial charge on any atom is -0.457 e. The molecule has 1 aromatic heterocycles. The van der Waals surface area contributed by atoms with Gasteiger partial charge < -0.3 is 4.74 Å². The van der Waals surface area contributed by atoms with Gasteiger partial charge in [0.25, 0.3) is 11.8 Å². The van der Waals surface area contributed by atoms with E-state index in [0.29, 0.717) is 16.0 Å². The Balaban J connectivity index is 1.43. The summed E-state index contributed by atoms with van der Waals surface area (Å²) in [6.45, 7) is 1.85. The molecule has 0 radical (unpaired) electrons. The molecule has 0 unspecified atom stereocenters. The summed E-state index contributed by atoms with van der Waals surface area (Å²) in [6, 6.07) is 10.3. The third-order valence-electron chi connectivity index (χ3n) is 4.29. The van der Waals surface area contributed by atoms with Crippen molar-refractivity contribution in [2.24, 2.45) is 0 Å². The van der Waals surface area contributed by atoms with Crippen LogP contribution in [0.1, 0.15) is 55.0 Å². The summed E-state index contributed by atoms with van der Waals surface area (Å²) in [7, 11) is 0. The Morgan fingerprint density at radius 3 is 2.30 bits per heavy atom. The molecule has 2 amide bonds. The van der Waals surface area contributed by atoms with E-state index >= 15 is 0 Å². The van der Waals surface area contributed by atoms with Gasteiger partial charge in [0.2, 0.25) is 5.78 Å². The number of nitrogens with zero attached hydrogens (tertiary/aromatic N) is 1. The molecule has 0 bridgehead atoms. The van der Waals surface area contributed by atoms with Crippen LogP contribution in [0.4, 0.5) is 0 Å². The van der Waals surface area contributed by atoms with Crippen LogP contribution in [0.25, 0.3) is 0 Å². The number of amides is 2. The summed E-state index contributed by atoms with van der Waals surface area (Å²) >= 11 is 1.40. The number of ether oxygens (including phenoxy) is 1. The lowest BCUT2D eigenvalue weighted by molar-refractivity contribution is -0.142. The Bertz CT molecular complexity index is 866. The number of carbonyl (C=O) groups is 4. The number of carbonyl (C=O) groups excluding carboxylic acids is 4. The molecule has 0 aliphatic carbocycles. The van der Waals surface area contributed by atoms with E-state index in [-0.39, 0.29) is 43.6 Å². The van der Waals surface area contributed by atoms with Crippen molar-refractivity contribution in [1.29, 1.82) is 0 Å². The highest BCUT2D eigenvalue weighted by molar-refractivity contribution is 7.14. The molecule has 0 atom stereocenters. The van der Waals surface area contributed by atoms with Crippen molar-refractivity contribution in [3.63, 3.8) is 0 Å². The second kappa shape index (κ2) is 8.26. The van der Waals surface area contributed by atoms with Gasteiger partial charge in [-0.2, -0.15) is 0 Å². The largest absolute Gasteiger partial charge is 0.457 e. The summed E-state index contributed by atoms with van der Waals surface area (Å²) in [6.07, 6.45) is 1.18. The molecular weight excluding hydrogens is 366 g/mol. The molecule has 1 aromatic carbocycles. The average molecular weight is 385 g/mol. The first kappa shape index (κ1) is 19.0. The van der Waals surface area contributed by atoms with E-state index in [1.165, 1.54) is 11.3 Å². The second-order valence-electron chi connectivity index (χ2n) is 6.11. The molecule has 140 valence electrons. The highest BCUT2D eigenvalue weighted by Crippen LogP contribution is 2.22. The van der Waals surface area contributed by atoms with E-state index in [1.54, 1.807) is 30.3 Å². The molecule has 0 saturated carbocycles. The van der Waals surface area contributed by atoms with Gasteiger partial charge in [-0.25, -0.2) is 0 Å². The lowest BCUT2D eigenvalue weighted by Gasteiger charge is -2.13. The molecule has 0 saturated heterocycles. The number of benzene rings is 1. The van der Waals surface area contributed by atoms with Crippen LogP contribution in [0, 0.1) is 0 Å². The van der Waals surface area contributed by atoms with E-state index in [4.69, 9.17) is 4.74 Å². The van der Waals surface area contributed by atoms with E-state index in [1.807, 2.05) is 13.0 Å². The fourth-order valence-electron chi connectivity index (χ4n) is 2.83. The summed E-state index contributed by atoms with van der Waals surface area (Å²) in [5.74, 6) is -1.44. The van der Waals surface area contributed by atoms with Gasteiger partial charge in [0.05, 0.1) is 16.0 Å². The molecule has 2 aromatic rings. The monoisotopic (exact) mass is 385 g/mol. The summed E-state index contributed by atoms with van der Waals surface area (Å²) in [4.78, 5) is 51.1. The summed E-state index contributed by atoms with van der Waals surface area (Å²) in [5.41, 5.74) is 0.774. The molecule has 7 heteroatoms. The molecule has 0 fully saturated rings. The molecule has 0 spiro atoms. The quantitative estimate of drug-likeness (QED) is 0.396.